The van der Waals surface area contributed by atoms with Crippen molar-refractivity contribution in [2.24, 2.45) is 11.8 Å². The molecule has 0 unspecified atom stereocenters. The van der Waals surface area contributed by atoms with Gasteiger partial charge in [0.05, 0.1) is 18.8 Å². The highest BCUT2D eigenvalue weighted by Gasteiger charge is 2.37. The van der Waals surface area contributed by atoms with E-state index in [4.69, 9.17) is 4.74 Å². The lowest BCUT2D eigenvalue weighted by atomic mass is 9.96. The quantitative estimate of drug-likeness (QED) is 0.875. The zero-order valence-electron chi connectivity index (χ0n) is 14.4. The third-order valence-corrected chi connectivity index (χ3v) is 5.13. The van der Waals surface area contributed by atoms with Gasteiger partial charge in [-0.05, 0) is 24.1 Å². The Kier molecular flexibility index (Phi) is 5.84. The van der Waals surface area contributed by atoms with E-state index in [2.05, 4.69) is 4.90 Å². The van der Waals surface area contributed by atoms with Crippen LogP contribution in [0.2, 0.25) is 0 Å². The van der Waals surface area contributed by atoms with E-state index >= 15 is 0 Å². The van der Waals surface area contributed by atoms with E-state index < -0.39 is 17.6 Å². The molecular weight excluding hydrogens is 349 g/mol. The molecule has 0 bridgehead atoms. The van der Waals surface area contributed by atoms with E-state index in [1.165, 1.54) is 12.1 Å². The number of aliphatic hydroxyl groups excluding tert-OH is 1. The molecule has 26 heavy (non-hydrogen) atoms. The van der Waals surface area contributed by atoms with Gasteiger partial charge >= 0.3 is 6.18 Å². The molecule has 2 saturated heterocycles. The molecular formula is C18H23F3N2O3. The maximum atomic E-state index is 12.9. The molecule has 0 aliphatic carbocycles. The van der Waals surface area contributed by atoms with Crippen molar-refractivity contribution in [2.45, 2.75) is 6.18 Å². The molecule has 1 N–H and O–H groups in total. The number of amides is 1. The molecule has 2 atom stereocenters. The summed E-state index contributed by atoms with van der Waals surface area (Å²) in [6.07, 6.45) is -4.48. The Morgan fingerprint density at radius 2 is 1.88 bits per heavy atom. The highest BCUT2D eigenvalue weighted by Crippen LogP contribution is 2.31. The van der Waals surface area contributed by atoms with Gasteiger partial charge in [0, 0.05) is 50.8 Å². The molecule has 2 aliphatic heterocycles. The molecule has 2 aliphatic rings. The summed E-state index contributed by atoms with van der Waals surface area (Å²) in [6.45, 7) is 4.49. The second-order valence-electron chi connectivity index (χ2n) is 6.90. The molecule has 144 valence electrons. The molecule has 5 nitrogen and oxygen atoms in total. The van der Waals surface area contributed by atoms with Gasteiger partial charge in [0.1, 0.15) is 0 Å². The Hall–Kier alpha value is -1.64. The summed E-state index contributed by atoms with van der Waals surface area (Å²) in [5.41, 5.74) is -0.797. The molecule has 8 heteroatoms. The molecule has 1 aromatic rings. The third-order valence-electron chi connectivity index (χ3n) is 5.13. The molecule has 0 aromatic heterocycles. The van der Waals surface area contributed by atoms with Crippen LogP contribution in [0.1, 0.15) is 15.9 Å². The smallest absolute Gasteiger partial charge is 0.396 e. The van der Waals surface area contributed by atoms with Crippen LogP contribution < -0.4 is 0 Å². The van der Waals surface area contributed by atoms with Gasteiger partial charge in [0.15, 0.2) is 0 Å². The van der Waals surface area contributed by atoms with E-state index in [0.29, 0.717) is 26.3 Å². The van der Waals surface area contributed by atoms with E-state index in [0.717, 1.165) is 31.8 Å². The maximum absolute atomic E-state index is 12.9. The van der Waals surface area contributed by atoms with Crippen molar-refractivity contribution in [3.63, 3.8) is 0 Å². The van der Waals surface area contributed by atoms with Crippen molar-refractivity contribution < 1.29 is 27.8 Å². The van der Waals surface area contributed by atoms with Crippen LogP contribution in [0.4, 0.5) is 13.2 Å². The minimum absolute atomic E-state index is 0.0311. The SMILES string of the molecule is O=C(c1cccc(C(F)(F)F)c1)N1C[C@@H](CN2CCOCC2)[C@@H](CO)C1. The fraction of sp³-hybridized carbons (Fsp3) is 0.611. The average Bonchev–Trinajstić information content (AvgIpc) is 3.04. The minimum atomic E-state index is -4.48. The molecule has 0 spiro atoms. The number of carbonyl (C=O) groups is 1. The summed E-state index contributed by atoms with van der Waals surface area (Å²) in [4.78, 5) is 16.5. The normalized spacial score (nSPS) is 24.8. The predicted molar refractivity (Wildman–Crippen MR) is 88.7 cm³/mol. The van der Waals surface area contributed by atoms with Gasteiger partial charge < -0.3 is 14.7 Å². The number of carbonyl (C=O) groups excluding carboxylic acids is 1. The fourth-order valence-corrected chi connectivity index (χ4v) is 3.64. The number of ether oxygens (including phenoxy) is 1. The fourth-order valence-electron chi connectivity index (χ4n) is 3.64. The number of benzene rings is 1. The molecule has 2 heterocycles. The van der Waals surface area contributed by atoms with Gasteiger partial charge in [0.2, 0.25) is 0 Å². The van der Waals surface area contributed by atoms with E-state index in [9.17, 15) is 23.1 Å². The number of hydrogen-bond acceptors (Lipinski definition) is 4. The second-order valence-corrected chi connectivity index (χ2v) is 6.90. The summed E-state index contributed by atoms with van der Waals surface area (Å²) in [7, 11) is 0. The van der Waals surface area contributed by atoms with Crippen LogP contribution in [0.25, 0.3) is 0 Å². The first-order valence-corrected chi connectivity index (χ1v) is 8.76. The standard InChI is InChI=1S/C18H23F3N2O3/c19-18(20,21)16-3-1-2-13(8-16)17(25)23-10-14(15(11-23)12-24)9-22-4-6-26-7-5-22/h1-3,8,14-15,24H,4-7,9-12H2/t14-,15-/m1/s1. The molecule has 1 aromatic carbocycles. The van der Waals surface area contributed by atoms with Crippen LogP contribution in [0, 0.1) is 11.8 Å². The summed E-state index contributed by atoms with van der Waals surface area (Å²) in [5, 5.41) is 9.66. The van der Waals surface area contributed by atoms with Crippen molar-refractivity contribution in [3.05, 3.63) is 35.4 Å². The van der Waals surface area contributed by atoms with Crippen molar-refractivity contribution in [1.29, 1.82) is 0 Å². The Bertz CT molecular complexity index is 632. The van der Waals surface area contributed by atoms with Gasteiger partial charge in [-0.15, -0.1) is 0 Å². The summed E-state index contributed by atoms with van der Waals surface area (Å²) in [5.74, 6) is -0.375. The zero-order chi connectivity index (χ0) is 18.7. The van der Waals surface area contributed by atoms with Gasteiger partial charge in [-0.25, -0.2) is 0 Å². The van der Waals surface area contributed by atoms with Gasteiger partial charge in [0.25, 0.3) is 5.91 Å². The van der Waals surface area contributed by atoms with Crippen LogP contribution in [0.5, 0.6) is 0 Å². The molecule has 0 saturated carbocycles. The minimum Gasteiger partial charge on any atom is -0.396 e. The van der Waals surface area contributed by atoms with Crippen LogP contribution >= 0.6 is 0 Å². The van der Waals surface area contributed by atoms with Gasteiger partial charge in [-0.1, -0.05) is 6.07 Å². The maximum Gasteiger partial charge on any atom is 0.416 e. The number of morpholine rings is 1. The molecule has 2 fully saturated rings. The van der Waals surface area contributed by atoms with Gasteiger partial charge in [-0.3, -0.25) is 9.69 Å². The number of halogens is 3. The number of aliphatic hydroxyl groups is 1. The Balaban J connectivity index is 1.68. The Labute approximate surface area is 150 Å². The Morgan fingerprint density at radius 1 is 1.19 bits per heavy atom. The topological polar surface area (TPSA) is 53.0 Å². The zero-order valence-corrected chi connectivity index (χ0v) is 14.4. The lowest BCUT2D eigenvalue weighted by Gasteiger charge is -2.30. The number of likely N-dealkylation sites (tertiary alicyclic amines) is 1. The number of rotatable bonds is 4. The lowest BCUT2D eigenvalue weighted by Crippen LogP contribution is -2.41. The predicted octanol–water partition coefficient (Wildman–Crippen LogP) is 1.72. The highest BCUT2D eigenvalue weighted by molar-refractivity contribution is 5.94. The second kappa shape index (κ2) is 7.94. The van der Waals surface area contributed by atoms with Crippen LogP contribution in [-0.2, 0) is 10.9 Å². The van der Waals surface area contributed by atoms with Crippen molar-refractivity contribution in [2.75, 3.05) is 52.5 Å². The van der Waals surface area contributed by atoms with Gasteiger partial charge in [-0.2, -0.15) is 13.2 Å². The summed E-state index contributed by atoms with van der Waals surface area (Å²) < 4.78 is 43.9. The highest BCUT2D eigenvalue weighted by atomic mass is 19.4. The largest absolute Gasteiger partial charge is 0.416 e. The summed E-state index contributed by atoms with van der Waals surface area (Å²) in [6, 6.07) is 4.51. The first-order valence-electron chi connectivity index (χ1n) is 8.76. The van der Waals surface area contributed by atoms with Crippen LogP contribution in [0.15, 0.2) is 24.3 Å². The number of nitrogens with zero attached hydrogens (tertiary/aromatic N) is 2. The number of hydrogen-bond donors (Lipinski definition) is 1. The molecule has 1 amide bonds. The Morgan fingerprint density at radius 3 is 2.54 bits per heavy atom. The van der Waals surface area contributed by atoms with Crippen LogP contribution in [0.3, 0.4) is 0 Å². The van der Waals surface area contributed by atoms with E-state index in [1.54, 1.807) is 4.90 Å². The van der Waals surface area contributed by atoms with Crippen molar-refractivity contribution in [1.82, 2.24) is 9.80 Å². The monoisotopic (exact) mass is 372 g/mol. The number of alkyl halides is 3. The lowest BCUT2D eigenvalue weighted by molar-refractivity contribution is -0.137. The first-order chi connectivity index (χ1) is 12.4. The average molecular weight is 372 g/mol. The van der Waals surface area contributed by atoms with E-state index in [1.807, 2.05) is 0 Å². The van der Waals surface area contributed by atoms with E-state index in [-0.39, 0.29) is 24.0 Å². The van der Waals surface area contributed by atoms with Crippen molar-refractivity contribution in [3.8, 4) is 0 Å². The van der Waals surface area contributed by atoms with Crippen LogP contribution in [-0.4, -0.2) is 73.4 Å². The first kappa shape index (κ1) is 19.1. The third kappa shape index (κ3) is 4.36. The molecule has 0 radical (unpaired) electrons. The summed E-state index contributed by atoms with van der Waals surface area (Å²) >= 11 is 0. The molecule has 3 rings (SSSR count). The van der Waals surface area contributed by atoms with Crippen molar-refractivity contribution >= 4 is 5.91 Å².